The quantitative estimate of drug-likeness (QED) is 0.573. The monoisotopic (exact) mass is 421 g/mol. The highest BCUT2D eigenvalue weighted by Crippen LogP contribution is 2.63. The molecule has 8 saturated carbocycles. The van der Waals surface area contributed by atoms with Crippen LogP contribution in [0, 0.1) is 40.9 Å². The second-order valence-corrected chi connectivity index (χ2v) is 13.9. The molecule has 8 bridgehead atoms. The molecule has 0 spiro atoms. The summed E-state index contributed by atoms with van der Waals surface area (Å²) in [7, 11) is 0. The summed E-state index contributed by atoms with van der Waals surface area (Å²) in [5, 5.41) is 3.49. The van der Waals surface area contributed by atoms with Gasteiger partial charge in [-0.3, -0.25) is 4.79 Å². The van der Waals surface area contributed by atoms with Gasteiger partial charge in [-0.2, -0.15) is 0 Å². The minimum Gasteiger partial charge on any atom is -0.325 e. The van der Waals surface area contributed by atoms with Gasteiger partial charge in [-0.15, -0.1) is 11.8 Å². The van der Waals surface area contributed by atoms with Crippen LogP contribution >= 0.6 is 11.8 Å². The summed E-state index contributed by atoms with van der Waals surface area (Å²) in [6, 6.07) is 8.72. The Bertz CT molecular complexity index is 805. The van der Waals surface area contributed by atoms with E-state index in [2.05, 4.69) is 41.3 Å². The molecule has 0 heterocycles. The number of rotatable bonds is 4. The van der Waals surface area contributed by atoms with E-state index >= 15 is 0 Å². The second-order valence-electron chi connectivity index (χ2n) is 12.4. The van der Waals surface area contributed by atoms with Crippen LogP contribution in [0.2, 0.25) is 0 Å². The highest BCUT2D eigenvalue weighted by Gasteiger charge is 2.55. The van der Waals surface area contributed by atoms with Crippen LogP contribution in [0.1, 0.15) is 77.0 Å². The molecule has 2 nitrogen and oxygen atoms in total. The third-order valence-corrected chi connectivity index (χ3v) is 11.5. The van der Waals surface area contributed by atoms with Gasteiger partial charge in [0.1, 0.15) is 0 Å². The van der Waals surface area contributed by atoms with Gasteiger partial charge in [-0.05, 0) is 125 Å². The first kappa shape index (κ1) is 18.6. The van der Waals surface area contributed by atoms with Crippen molar-refractivity contribution >= 4 is 23.4 Å². The Morgan fingerprint density at radius 2 is 1.20 bits per heavy atom. The third kappa shape index (κ3) is 2.93. The van der Waals surface area contributed by atoms with E-state index in [4.69, 9.17) is 0 Å². The number of carbonyl (C=O) groups excluding carboxylic acids is 1. The van der Waals surface area contributed by atoms with Gasteiger partial charge < -0.3 is 5.32 Å². The second kappa shape index (κ2) is 6.53. The molecule has 1 N–H and O–H groups in total. The van der Waals surface area contributed by atoms with Crippen LogP contribution in [0.15, 0.2) is 29.2 Å². The van der Waals surface area contributed by atoms with Crippen LogP contribution in [-0.2, 0) is 4.79 Å². The SMILES string of the molecule is O=C(Nc1ccccc1SC12CC3CC(CC(C3)C1)C2)C12CC3CC(CC(C3)C1)C2. The largest absolute Gasteiger partial charge is 0.325 e. The maximum absolute atomic E-state index is 13.7. The number of thioether (sulfide) groups is 1. The highest BCUT2D eigenvalue weighted by molar-refractivity contribution is 8.00. The van der Waals surface area contributed by atoms with Crippen molar-refractivity contribution in [2.75, 3.05) is 5.32 Å². The Morgan fingerprint density at radius 3 is 1.73 bits per heavy atom. The Balaban J connectivity index is 1.13. The highest BCUT2D eigenvalue weighted by atomic mass is 32.2. The normalized spacial score (nSPS) is 47.6. The van der Waals surface area contributed by atoms with Crippen LogP contribution in [0.4, 0.5) is 5.69 Å². The standard InChI is InChI=1S/C27H35NOS/c29-25(26-11-17-5-18(12-26)7-19(6-17)13-26)28-23-3-1-2-4-24(23)30-27-14-20-8-21(15-27)10-22(9-20)16-27/h1-4,17-22H,5-16H2,(H,28,29). The molecule has 8 aliphatic carbocycles. The molecule has 8 fully saturated rings. The summed E-state index contributed by atoms with van der Waals surface area (Å²) < 4.78 is 0.441. The van der Waals surface area contributed by atoms with Crippen molar-refractivity contribution in [1.82, 2.24) is 0 Å². The predicted octanol–water partition coefficient (Wildman–Crippen LogP) is 6.90. The average Bonchev–Trinajstić information content (AvgIpc) is 2.67. The first-order chi connectivity index (χ1) is 14.6. The minimum absolute atomic E-state index is 0.0623. The number of benzene rings is 1. The van der Waals surface area contributed by atoms with Crippen molar-refractivity contribution in [3.63, 3.8) is 0 Å². The molecule has 0 atom stereocenters. The van der Waals surface area contributed by atoms with Gasteiger partial charge in [-0.25, -0.2) is 0 Å². The van der Waals surface area contributed by atoms with E-state index in [9.17, 15) is 4.79 Å². The van der Waals surface area contributed by atoms with Crippen molar-refractivity contribution in [1.29, 1.82) is 0 Å². The number of hydrogen-bond acceptors (Lipinski definition) is 2. The minimum atomic E-state index is -0.0623. The Kier molecular flexibility index (Phi) is 4.05. The van der Waals surface area contributed by atoms with Gasteiger partial charge in [0, 0.05) is 9.64 Å². The number of hydrogen-bond donors (Lipinski definition) is 1. The zero-order valence-electron chi connectivity index (χ0n) is 18.1. The van der Waals surface area contributed by atoms with E-state index in [0.717, 1.165) is 60.5 Å². The molecule has 1 amide bonds. The van der Waals surface area contributed by atoms with E-state index in [1.165, 1.54) is 62.7 Å². The Labute approximate surface area is 185 Å². The molecule has 8 aliphatic rings. The molecular formula is C27H35NOS. The maximum atomic E-state index is 13.7. The molecule has 3 heteroatoms. The lowest BCUT2D eigenvalue weighted by atomic mass is 9.49. The number of carbonyl (C=O) groups is 1. The molecule has 1 aromatic rings. The van der Waals surface area contributed by atoms with Gasteiger partial charge in [-0.1, -0.05) is 12.1 Å². The van der Waals surface area contributed by atoms with E-state index in [1.807, 2.05) is 0 Å². The molecular weight excluding hydrogens is 386 g/mol. The molecule has 160 valence electrons. The topological polar surface area (TPSA) is 29.1 Å². The number of nitrogens with one attached hydrogen (secondary N) is 1. The summed E-state index contributed by atoms with van der Waals surface area (Å²) in [4.78, 5) is 15.0. The molecule has 0 aliphatic heterocycles. The molecule has 30 heavy (non-hydrogen) atoms. The maximum Gasteiger partial charge on any atom is 0.230 e. The predicted molar refractivity (Wildman–Crippen MR) is 122 cm³/mol. The van der Waals surface area contributed by atoms with Crippen LogP contribution in [0.3, 0.4) is 0 Å². The van der Waals surface area contributed by atoms with Crippen molar-refractivity contribution in [3.8, 4) is 0 Å². The molecule has 0 saturated heterocycles. The van der Waals surface area contributed by atoms with Crippen molar-refractivity contribution in [3.05, 3.63) is 24.3 Å². The molecule has 0 unspecified atom stereocenters. The Morgan fingerprint density at radius 1 is 0.733 bits per heavy atom. The van der Waals surface area contributed by atoms with Crippen molar-refractivity contribution < 1.29 is 4.79 Å². The van der Waals surface area contributed by atoms with Crippen LogP contribution in [-0.4, -0.2) is 10.7 Å². The van der Waals surface area contributed by atoms with Gasteiger partial charge in [0.2, 0.25) is 5.91 Å². The summed E-state index contributed by atoms with van der Waals surface area (Å²) in [5.41, 5.74) is 1.03. The van der Waals surface area contributed by atoms with E-state index in [-0.39, 0.29) is 5.41 Å². The third-order valence-electron chi connectivity index (χ3n) is 9.96. The lowest BCUT2D eigenvalue weighted by Gasteiger charge is -2.56. The van der Waals surface area contributed by atoms with Crippen LogP contribution in [0.25, 0.3) is 0 Å². The zero-order valence-corrected chi connectivity index (χ0v) is 18.9. The first-order valence-electron chi connectivity index (χ1n) is 12.7. The Hall–Kier alpha value is -0.960. The molecule has 0 aromatic heterocycles. The fourth-order valence-corrected chi connectivity index (χ4v) is 11.5. The molecule has 1 aromatic carbocycles. The number of para-hydroxylation sites is 1. The average molecular weight is 422 g/mol. The zero-order chi connectivity index (χ0) is 19.9. The fourth-order valence-electron chi connectivity index (χ4n) is 9.69. The molecule has 9 rings (SSSR count). The van der Waals surface area contributed by atoms with Gasteiger partial charge in [0.05, 0.1) is 11.1 Å². The molecule has 0 radical (unpaired) electrons. The van der Waals surface area contributed by atoms with Gasteiger partial charge >= 0.3 is 0 Å². The van der Waals surface area contributed by atoms with Gasteiger partial charge in [0.15, 0.2) is 0 Å². The van der Waals surface area contributed by atoms with E-state index in [1.54, 1.807) is 0 Å². The number of amides is 1. The van der Waals surface area contributed by atoms with Crippen LogP contribution in [0.5, 0.6) is 0 Å². The van der Waals surface area contributed by atoms with Crippen molar-refractivity contribution in [2.24, 2.45) is 40.9 Å². The van der Waals surface area contributed by atoms with Crippen LogP contribution < -0.4 is 5.32 Å². The fraction of sp³-hybridized carbons (Fsp3) is 0.741. The lowest BCUT2D eigenvalue weighted by molar-refractivity contribution is -0.140. The van der Waals surface area contributed by atoms with Crippen molar-refractivity contribution in [2.45, 2.75) is 86.7 Å². The van der Waals surface area contributed by atoms with E-state index < -0.39 is 0 Å². The summed E-state index contributed by atoms with van der Waals surface area (Å²) in [6.07, 6.45) is 16.3. The van der Waals surface area contributed by atoms with E-state index in [0.29, 0.717) is 10.7 Å². The smallest absolute Gasteiger partial charge is 0.230 e. The summed E-state index contributed by atoms with van der Waals surface area (Å²) in [6.45, 7) is 0. The first-order valence-corrected chi connectivity index (χ1v) is 13.5. The summed E-state index contributed by atoms with van der Waals surface area (Å²) in [5.74, 6) is 5.71. The lowest BCUT2D eigenvalue weighted by Crippen LogP contribution is -2.51. The van der Waals surface area contributed by atoms with Gasteiger partial charge in [0.25, 0.3) is 0 Å². The summed E-state index contributed by atoms with van der Waals surface area (Å²) >= 11 is 2.13. The number of anilines is 1.